The molecule has 1 aliphatic rings. The Morgan fingerprint density at radius 2 is 1.90 bits per heavy atom. The van der Waals surface area contributed by atoms with Gasteiger partial charge in [0.25, 0.3) is 5.91 Å². The van der Waals surface area contributed by atoms with Crippen molar-refractivity contribution >= 4 is 34.2 Å². The summed E-state index contributed by atoms with van der Waals surface area (Å²) in [6, 6.07) is 12.1. The van der Waals surface area contributed by atoms with Crippen molar-refractivity contribution in [2.24, 2.45) is 0 Å². The Morgan fingerprint density at radius 3 is 2.55 bits per heavy atom. The van der Waals surface area contributed by atoms with Gasteiger partial charge in [-0.1, -0.05) is 23.7 Å². The Bertz CT molecular complexity index is 1080. The van der Waals surface area contributed by atoms with Gasteiger partial charge >= 0.3 is 0 Å². The molecule has 4 rings (SSSR count). The SMILES string of the molecule is Cc1cc2oc(C(=O)N(Cc3ccc(N(C)C)cc3)C[C@H]3CCCO3)c(C)c2cc1Cl. The molecule has 0 radical (unpaired) electrons. The van der Waals surface area contributed by atoms with Gasteiger partial charge in [0.1, 0.15) is 5.58 Å². The Hall–Kier alpha value is -2.50. The third kappa shape index (κ3) is 4.58. The zero-order chi connectivity index (χ0) is 22.1. The summed E-state index contributed by atoms with van der Waals surface area (Å²) in [5, 5.41) is 1.55. The molecule has 0 unspecified atom stereocenters. The van der Waals surface area contributed by atoms with Crippen LogP contribution in [0.4, 0.5) is 5.69 Å². The van der Waals surface area contributed by atoms with Gasteiger partial charge in [0.2, 0.25) is 0 Å². The van der Waals surface area contributed by atoms with Crippen LogP contribution in [0.1, 0.15) is 40.1 Å². The lowest BCUT2D eigenvalue weighted by atomic mass is 10.1. The van der Waals surface area contributed by atoms with Crippen LogP contribution >= 0.6 is 11.6 Å². The highest BCUT2D eigenvalue weighted by Crippen LogP contribution is 2.31. The average molecular weight is 441 g/mol. The fourth-order valence-corrected chi connectivity index (χ4v) is 4.23. The molecule has 3 aromatic rings. The Labute approximate surface area is 188 Å². The highest BCUT2D eigenvalue weighted by atomic mass is 35.5. The van der Waals surface area contributed by atoms with Crippen LogP contribution in [-0.2, 0) is 11.3 Å². The van der Waals surface area contributed by atoms with Gasteiger partial charge in [-0.3, -0.25) is 4.79 Å². The number of anilines is 1. The maximum atomic E-state index is 13.6. The molecular weight excluding hydrogens is 412 g/mol. The molecule has 0 spiro atoms. The zero-order valence-electron chi connectivity index (χ0n) is 18.6. The van der Waals surface area contributed by atoms with Gasteiger partial charge < -0.3 is 19.0 Å². The lowest BCUT2D eigenvalue weighted by molar-refractivity contribution is 0.0485. The highest BCUT2D eigenvalue weighted by molar-refractivity contribution is 6.32. The van der Waals surface area contributed by atoms with E-state index in [-0.39, 0.29) is 12.0 Å². The molecule has 2 heterocycles. The van der Waals surface area contributed by atoms with Crippen molar-refractivity contribution in [1.29, 1.82) is 0 Å². The topological polar surface area (TPSA) is 45.9 Å². The van der Waals surface area contributed by atoms with Crippen molar-refractivity contribution in [3.8, 4) is 0 Å². The van der Waals surface area contributed by atoms with E-state index in [0.717, 1.165) is 47.2 Å². The van der Waals surface area contributed by atoms with Gasteiger partial charge in [-0.05, 0) is 62.1 Å². The zero-order valence-corrected chi connectivity index (χ0v) is 19.3. The molecule has 0 aliphatic carbocycles. The number of carbonyl (C=O) groups excluding carboxylic acids is 1. The number of carbonyl (C=O) groups is 1. The number of amides is 1. The summed E-state index contributed by atoms with van der Waals surface area (Å²) in [7, 11) is 4.03. The lowest BCUT2D eigenvalue weighted by Crippen LogP contribution is -2.37. The second kappa shape index (κ2) is 8.93. The first-order chi connectivity index (χ1) is 14.8. The minimum atomic E-state index is -0.116. The molecule has 5 nitrogen and oxygen atoms in total. The van der Waals surface area contributed by atoms with E-state index in [0.29, 0.717) is 29.5 Å². The summed E-state index contributed by atoms with van der Waals surface area (Å²) < 4.78 is 11.9. The molecule has 164 valence electrons. The minimum absolute atomic E-state index is 0.0615. The van der Waals surface area contributed by atoms with Gasteiger partial charge in [-0.2, -0.15) is 0 Å². The molecule has 0 saturated carbocycles. The number of benzene rings is 2. The van der Waals surface area contributed by atoms with Crippen molar-refractivity contribution in [1.82, 2.24) is 4.90 Å². The summed E-state index contributed by atoms with van der Waals surface area (Å²) in [5.41, 5.74) is 4.64. The van der Waals surface area contributed by atoms with Crippen molar-refractivity contribution in [3.05, 3.63) is 63.9 Å². The summed E-state index contributed by atoms with van der Waals surface area (Å²) in [5.74, 6) is 0.259. The fraction of sp³-hybridized carbons (Fsp3) is 0.400. The number of ether oxygens (including phenoxy) is 1. The fourth-order valence-electron chi connectivity index (χ4n) is 4.06. The van der Waals surface area contributed by atoms with Crippen LogP contribution in [0.5, 0.6) is 0 Å². The number of halogens is 1. The summed E-state index contributed by atoms with van der Waals surface area (Å²) >= 11 is 6.31. The Kier molecular flexibility index (Phi) is 6.26. The molecule has 1 aliphatic heterocycles. The molecule has 2 aromatic carbocycles. The maximum Gasteiger partial charge on any atom is 0.290 e. The maximum absolute atomic E-state index is 13.6. The standard InChI is InChI=1S/C25H29ClN2O3/c1-16-12-23-21(13-22(16)26)17(2)24(31-23)25(29)28(15-20-6-5-11-30-20)14-18-7-9-19(10-8-18)27(3)4/h7-10,12-13,20H,5-6,11,14-15H2,1-4H3/t20-/m1/s1. The van der Waals surface area contributed by atoms with Crippen molar-refractivity contribution in [2.75, 3.05) is 32.1 Å². The van der Waals surface area contributed by atoms with E-state index in [1.54, 1.807) is 0 Å². The first-order valence-corrected chi connectivity index (χ1v) is 11.1. The van der Waals surface area contributed by atoms with Crippen LogP contribution in [0.25, 0.3) is 11.0 Å². The smallest absolute Gasteiger partial charge is 0.290 e. The lowest BCUT2D eigenvalue weighted by Gasteiger charge is -2.25. The van der Waals surface area contributed by atoms with E-state index in [4.69, 9.17) is 20.8 Å². The molecule has 1 fully saturated rings. The molecule has 0 N–H and O–H groups in total. The van der Waals surface area contributed by atoms with Crippen molar-refractivity contribution < 1.29 is 13.9 Å². The second-order valence-electron chi connectivity index (χ2n) is 8.54. The largest absolute Gasteiger partial charge is 0.451 e. The summed E-state index contributed by atoms with van der Waals surface area (Å²) in [6.07, 6.45) is 2.06. The number of aryl methyl sites for hydroxylation is 2. The number of rotatable bonds is 6. The van der Waals surface area contributed by atoms with Gasteiger partial charge in [0.15, 0.2) is 5.76 Å². The van der Waals surface area contributed by atoms with Crippen LogP contribution in [0.15, 0.2) is 40.8 Å². The molecule has 6 heteroatoms. The summed E-state index contributed by atoms with van der Waals surface area (Å²) in [4.78, 5) is 17.5. The number of hydrogen-bond donors (Lipinski definition) is 0. The van der Waals surface area contributed by atoms with E-state index >= 15 is 0 Å². The van der Waals surface area contributed by atoms with Gasteiger partial charge in [-0.25, -0.2) is 0 Å². The third-order valence-electron chi connectivity index (χ3n) is 5.97. The van der Waals surface area contributed by atoms with Gasteiger partial charge in [-0.15, -0.1) is 0 Å². The number of fused-ring (bicyclic) bond motifs is 1. The molecule has 1 saturated heterocycles. The predicted octanol–water partition coefficient (Wildman–Crippen LogP) is 5.59. The van der Waals surface area contributed by atoms with Gasteiger partial charge in [0, 0.05) is 55.5 Å². The highest BCUT2D eigenvalue weighted by Gasteiger charge is 2.28. The molecule has 1 amide bonds. The van der Waals surface area contributed by atoms with Crippen molar-refractivity contribution in [2.45, 2.75) is 39.3 Å². The van der Waals surface area contributed by atoms with E-state index in [2.05, 4.69) is 29.2 Å². The van der Waals surface area contributed by atoms with E-state index in [1.165, 1.54) is 0 Å². The van der Waals surface area contributed by atoms with Crippen molar-refractivity contribution in [3.63, 3.8) is 0 Å². The predicted molar refractivity (Wildman–Crippen MR) is 125 cm³/mol. The summed E-state index contributed by atoms with van der Waals surface area (Å²) in [6.45, 7) is 5.65. The molecule has 1 aromatic heterocycles. The second-order valence-corrected chi connectivity index (χ2v) is 8.94. The first kappa shape index (κ1) is 21.7. The number of hydrogen-bond acceptors (Lipinski definition) is 4. The molecular formula is C25H29ClN2O3. The van der Waals surface area contributed by atoms with Gasteiger partial charge in [0.05, 0.1) is 6.10 Å². The Morgan fingerprint density at radius 1 is 1.16 bits per heavy atom. The number of nitrogens with zero attached hydrogens (tertiary/aromatic N) is 2. The molecule has 31 heavy (non-hydrogen) atoms. The normalized spacial score (nSPS) is 16.1. The van der Waals surface area contributed by atoms with Crippen LogP contribution in [0, 0.1) is 13.8 Å². The molecule has 1 atom stereocenters. The quantitative estimate of drug-likeness (QED) is 0.501. The Balaban J connectivity index is 1.64. The van der Waals surface area contributed by atoms with Crippen LogP contribution in [0.3, 0.4) is 0 Å². The van der Waals surface area contributed by atoms with Crippen LogP contribution < -0.4 is 4.90 Å². The van der Waals surface area contributed by atoms with E-state index < -0.39 is 0 Å². The van der Waals surface area contributed by atoms with E-state index in [9.17, 15) is 4.79 Å². The van der Waals surface area contributed by atoms with Crippen LogP contribution in [0.2, 0.25) is 5.02 Å². The van der Waals surface area contributed by atoms with Crippen LogP contribution in [-0.4, -0.2) is 44.2 Å². The van der Waals surface area contributed by atoms with E-state index in [1.807, 2.05) is 45.0 Å². The average Bonchev–Trinajstić information content (AvgIpc) is 3.36. The first-order valence-electron chi connectivity index (χ1n) is 10.7. The number of furan rings is 1. The monoisotopic (exact) mass is 440 g/mol. The third-order valence-corrected chi connectivity index (χ3v) is 6.38. The molecule has 0 bridgehead atoms. The minimum Gasteiger partial charge on any atom is -0.451 e.